The molecular formula is C24H18ClN3O3S2. The molecule has 2 aromatic carbocycles. The predicted molar refractivity (Wildman–Crippen MR) is 132 cm³/mol. The van der Waals surface area contributed by atoms with Crippen molar-refractivity contribution >= 4 is 45.6 Å². The molecule has 166 valence electrons. The van der Waals surface area contributed by atoms with Gasteiger partial charge in [0.1, 0.15) is 16.5 Å². The Kier molecular flexibility index (Phi) is 6.22. The average Bonchev–Trinajstić information content (AvgIpc) is 3.52. The molecular weight excluding hydrogens is 478 g/mol. The number of fused-ring (bicyclic) bond motifs is 1. The van der Waals surface area contributed by atoms with E-state index in [0.717, 1.165) is 22.0 Å². The molecule has 0 atom stereocenters. The van der Waals surface area contributed by atoms with Gasteiger partial charge in [-0.2, -0.15) is 0 Å². The fraction of sp³-hybridized carbons (Fsp3) is 0.125. The number of thiazole rings is 1. The first-order chi connectivity index (χ1) is 16.1. The Morgan fingerprint density at radius 1 is 1.15 bits per heavy atom. The molecule has 6 nitrogen and oxygen atoms in total. The summed E-state index contributed by atoms with van der Waals surface area (Å²) in [5.41, 5.74) is 2.28. The Labute approximate surface area is 202 Å². The molecule has 0 saturated heterocycles. The van der Waals surface area contributed by atoms with Gasteiger partial charge in [0.2, 0.25) is 0 Å². The van der Waals surface area contributed by atoms with E-state index in [0.29, 0.717) is 39.1 Å². The summed E-state index contributed by atoms with van der Waals surface area (Å²) in [7, 11) is 1.65. The lowest BCUT2D eigenvalue weighted by molar-refractivity contribution is 0.416. The van der Waals surface area contributed by atoms with Crippen LogP contribution in [-0.4, -0.2) is 21.6 Å². The maximum absolute atomic E-state index is 13.3. The fourth-order valence-corrected chi connectivity index (χ4v) is 5.45. The summed E-state index contributed by atoms with van der Waals surface area (Å²) in [6.07, 6.45) is 1.59. The molecule has 0 N–H and O–H groups in total. The lowest BCUT2D eigenvalue weighted by atomic mass is 10.2. The van der Waals surface area contributed by atoms with Crippen molar-refractivity contribution in [2.75, 3.05) is 7.11 Å². The number of halogens is 1. The number of rotatable bonds is 7. The zero-order chi connectivity index (χ0) is 22.8. The minimum Gasteiger partial charge on any atom is -0.496 e. The Balaban J connectivity index is 1.47. The van der Waals surface area contributed by atoms with E-state index in [2.05, 4.69) is 0 Å². The van der Waals surface area contributed by atoms with Crippen molar-refractivity contribution in [3.8, 4) is 16.3 Å². The summed E-state index contributed by atoms with van der Waals surface area (Å²) < 4.78 is 12.6. The number of hydrogen-bond donors (Lipinski definition) is 0. The third kappa shape index (κ3) is 4.55. The second-order valence-corrected chi connectivity index (χ2v) is 9.40. The summed E-state index contributed by atoms with van der Waals surface area (Å²) >= 11 is 9.16. The van der Waals surface area contributed by atoms with Gasteiger partial charge in [-0.25, -0.2) is 9.97 Å². The summed E-state index contributed by atoms with van der Waals surface area (Å²) in [6, 6.07) is 16.6. The quantitative estimate of drug-likeness (QED) is 0.200. The SMILES string of the molecule is COc1ccccc1-c1nc(CSc2nc3cc(Cl)ccc3c(=O)n2Cc2ccco2)cs1. The molecule has 5 rings (SSSR count). The molecule has 0 aliphatic rings. The first-order valence-corrected chi connectivity index (χ1v) is 12.3. The van der Waals surface area contributed by atoms with Crippen LogP contribution in [0.15, 0.2) is 80.6 Å². The monoisotopic (exact) mass is 495 g/mol. The molecule has 0 aliphatic heterocycles. The molecule has 0 bridgehead atoms. The van der Waals surface area contributed by atoms with Crippen molar-refractivity contribution in [3.63, 3.8) is 0 Å². The highest BCUT2D eigenvalue weighted by atomic mass is 35.5. The van der Waals surface area contributed by atoms with Crippen LogP contribution in [-0.2, 0) is 12.3 Å². The molecule has 3 heterocycles. The van der Waals surface area contributed by atoms with E-state index in [9.17, 15) is 4.79 Å². The molecule has 0 fully saturated rings. The molecule has 0 radical (unpaired) electrons. The summed E-state index contributed by atoms with van der Waals surface area (Å²) in [4.78, 5) is 22.8. The van der Waals surface area contributed by atoms with Gasteiger partial charge >= 0.3 is 0 Å². The van der Waals surface area contributed by atoms with Crippen LogP contribution < -0.4 is 10.3 Å². The molecule has 0 spiro atoms. The van der Waals surface area contributed by atoms with Crippen LogP contribution in [0.2, 0.25) is 5.02 Å². The Morgan fingerprint density at radius 3 is 2.85 bits per heavy atom. The number of furan rings is 1. The van der Waals surface area contributed by atoms with E-state index in [-0.39, 0.29) is 5.56 Å². The summed E-state index contributed by atoms with van der Waals surface area (Å²) in [6.45, 7) is 0.295. The van der Waals surface area contributed by atoms with Gasteiger partial charge < -0.3 is 9.15 Å². The molecule has 0 amide bonds. The third-order valence-electron chi connectivity index (χ3n) is 5.01. The molecule has 33 heavy (non-hydrogen) atoms. The Hall–Kier alpha value is -3.07. The van der Waals surface area contributed by atoms with Crippen molar-refractivity contribution in [2.24, 2.45) is 0 Å². The van der Waals surface area contributed by atoms with Gasteiger partial charge in [-0.1, -0.05) is 35.5 Å². The number of para-hydroxylation sites is 1. The molecule has 3 aromatic heterocycles. The second kappa shape index (κ2) is 9.43. The maximum Gasteiger partial charge on any atom is 0.262 e. The van der Waals surface area contributed by atoms with Crippen LogP contribution in [0.1, 0.15) is 11.5 Å². The van der Waals surface area contributed by atoms with Crippen LogP contribution in [0.4, 0.5) is 0 Å². The smallest absolute Gasteiger partial charge is 0.262 e. The van der Waals surface area contributed by atoms with Crippen molar-refractivity contribution in [1.82, 2.24) is 14.5 Å². The molecule has 5 aromatic rings. The van der Waals surface area contributed by atoms with Crippen LogP contribution >= 0.6 is 34.7 Å². The lowest BCUT2D eigenvalue weighted by Crippen LogP contribution is -2.23. The van der Waals surface area contributed by atoms with Gasteiger partial charge in [0.05, 0.1) is 42.1 Å². The van der Waals surface area contributed by atoms with Crippen LogP contribution in [0.5, 0.6) is 5.75 Å². The van der Waals surface area contributed by atoms with E-state index in [4.69, 9.17) is 30.7 Å². The minimum atomic E-state index is -0.136. The highest BCUT2D eigenvalue weighted by Crippen LogP contribution is 2.33. The largest absolute Gasteiger partial charge is 0.496 e. The van der Waals surface area contributed by atoms with Gasteiger partial charge in [0.25, 0.3) is 5.56 Å². The van der Waals surface area contributed by atoms with E-state index in [1.807, 2.05) is 35.7 Å². The predicted octanol–water partition coefficient (Wildman–Crippen LogP) is 6.12. The van der Waals surface area contributed by atoms with Crippen LogP contribution in [0.25, 0.3) is 21.5 Å². The zero-order valence-corrected chi connectivity index (χ0v) is 19.9. The number of aromatic nitrogens is 3. The second-order valence-electron chi connectivity index (χ2n) is 7.16. The third-order valence-corrected chi connectivity index (χ3v) is 7.18. The highest BCUT2D eigenvalue weighted by molar-refractivity contribution is 7.98. The van der Waals surface area contributed by atoms with Gasteiger partial charge in [-0.3, -0.25) is 9.36 Å². The molecule has 0 unspecified atom stereocenters. The number of nitrogens with zero attached hydrogens (tertiary/aromatic N) is 3. The van der Waals surface area contributed by atoms with Gasteiger partial charge in [0.15, 0.2) is 5.16 Å². The summed E-state index contributed by atoms with van der Waals surface area (Å²) in [5, 5.41) is 4.53. The van der Waals surface area contributed by atoms with E-state index in [1.54, 1.807) is 53.5 Å². The van der Waals surface area contributed by atoms with E-state index in [1.165, 1.54) is 11.8 Å². The van der Waals surface area contributed by atoms with Gasteiger partial charge in [-0.05, 0) is 42.5 Å². The van der Waals surface area contributed by atoms with E-state index < -0.39 is 0 Å². The highest BCUT2D eigenvalue weighted by Gasteiger charge is 2.15. The average molecular weight is 496 g/mol. The molecule has 0 saturated carbocycles. The number of benzene rings is 2. The van der Waals surface area contributed by atoms with Crippen molar-refractivity contribution < 1.29 is 9.15 Å². The maximum atomic E-state index is 13.3. The normalized spacial score (nSPS) is 11.2. The number of thioether (sulfide) groups is 1. The molecule has 9 heteroatoms. The van der Waals surface area contributed by atoms with Gasteiger partial charge in [-0.15, -0.1) is 11.3 Å². The zero-order valence-electron chi connectivity index (χ0n) is 17.5. The summed E-state index contributed by atoms with van der Waals surface area (Å²) in [5.74, 6) is 2.02. The number of methoxy groups -OCH3 is 1. The first-order valence-electron chi connectivity index (χ1n) is 10.1. The van der Waals surface area contributed by atoms with Crippen LogP contribution in [0, 0.1) is 0 Å². The van der Waals surface area contributed by atoms with Crippen molar-refractivity contribution in [2.45, 2.75) is 17.5 Å². The standard InChI is InChI=1S/C24H18ClN3O3S2/c1-30-21-7-3-2-6-19(21)22-26-16(13-32-22)14-33-24-27-20-11-15(25)8-9-18(20)23(29)28(24)12-17-5-4-10-31-17/h2-11,13H,12,14H2,1H3. The molecule has 0 aliphatic carbocycles. The van der Waals surface area contributed by atoms with E-state index >= 15 is 0 Å². The topological polar surface area (TPSA) is 70.2 Å². The fourth-order valence-electron chi connectivity index (χ4n) is 3.44. The van der Waals surface area contributed by atoms with Crippen molar-refractivity contribution in [3.05, 3.63) is 93.1 Å². The van der Waals surface area contributed by atoms with Crippen molar-refractivity contribution in [1.29, 1.82) is 0 Å². The van der Waals surface area contributed by atoms with Crippen LogP contribution in [0.3, 0.4) is 0 Å². The minimum absolute atomic E-state index is 0.136. The van der Waals surface area contributed by atoms with Gasteiger partial charge in [0, 0.05) is 16.2 Å². The lowest BCUT2D eigenvalue weighted by Gasteiger charge is -2.12. The Bertz CT molecular complexity index is 1480. The number of ether oxygens (including phenoxy) is 1. The Morgan fingerprint density at radius 2 is 2.03 bits per heavy atom. The number of hydrogen-bond acceptors (Lipinski definition) is 7. The first kappa shape index (κ1) is 21.8.